The first-order valence-corrected chi connectivity index (χ1v) is 8.50. The van der Waals surface area contributed by atoms with E-state index >= 15 is 0 Å². The number of hydrogen-bond donors (Lipinski definition) is 1. The highest BCUT2D eigenvalue weighted by Gasteiger charge is 2.08. The third-order valence-electron chi connectivity index (χ3n) is 3.96. The summed E-state index contributed by atoms with van der Waals surface area (Å²) in [5.41, 5.74) is 6.55. The number of para-hydroxylation sites is 2. The van der Waals surface area contributed by atoms with Crippen LogP contribution < -0.4 is 5.43 Å². The molecule has 1 aromatic heterocycles. The zero-order valence-electron chi connectivity index (χ0n) is 13.1. The molecular formula is C20H13Cl2N3. The number of rotatable bonds is 3. The minimum atomic E-state index is 0.558. The molecule has 0 aliphatic rings. The summed E-state index contributed by atoms with van der Waals surface area (Å²) in [5.74, 6) is 0. The maximum absolute atomic E-state index is 6.19. The standard InChI is InChI=1S/C20H13Cl2N3/c21-16-8-5-9-17(22)15(16)12-23-25-20-13-6-1-3-10-18(13)24-19-11-4-2-7-14(19)20/h1-12H,(H,24,25)/b23-12+. The van der Waals surface area contributed by atoms with Gasteiger partial charge in [0.2, 0.25) is 0 Å². The number of nitrogens with zero attached hydrogens (tertiary/aromatic N) is 2. The number of hydrazone groups is 1. The van der Waals surface area contributed by atoms with Crippen LogP contribution in [-0.4, -0.2) is 11.2 Å². The Bertz CT molecular complexity index is 1030. The molecule has 1 heterocycles. The molecule has 0 bridgehead atoms. The van der Waals surface area contributed by atoms with E-state index in [-0.39, 0.29) is 0 Å². The Labute approximate surface area is 154 Å². The summed E-state index contributed by atoms with van der Waals surface area (Å²) in [4.78, 5) is 4.70. The summed E-state index contributed by atoms with van der Waals surface area (Å²) >= 11 is 12.4. The molecule has 0 saturated carbocycles. The maximum Gasteiger partial charge on any atom is 0.0749 e. The van der Waals surface area contributed by atoms with Crippen molar-refractivity contribution in [2.75, 3.05) is 5.43 Å². The monoisotopic (exact) mass is 365 g/mol. The van der Waals surface area contributed by atoms with Crippen LogP contribution >= 0.6 is 23.2 Å². The van der Waals surface area contributed by atoms with Crippen LogP contribution in [-0.2, 0) is 0 Å². The van der Waals surface area contributed by atoms with Crippen LogP contribution in [0.5, 0.6) is 0 Å². The van der Waals surface area contributed by atoms with Crippen molar-refractivity contribution in [1.82, 2.24) is 4.98 Å². The van der Waals surface area contributed by atoms with Gasteiger partial charge in [0.15, 0.2) is 0 Å². The first-order valence-electron chi connectivity index (χ1n) is 7.74. The summed E-state index contributed by atoms with van der Waals surface area (Å²) in [6.45, 7) is 0. The lowest BCUT2D eigenvalue weighted by Gasteiger charge is -2.10. The fourth-order valence-corrected chi connectivity index (χ4v) is 3.25. The van der Waals surface area contributed by atoms with E-state index in [1.165, 1.54) is 0 Å². The van der Waals surface area contributed by atoms with E-state index in [4.69, 9.17) is 28.2 Å². The van der Waals surface area contributed by atoms with Crippen molar-refractivity contribution < 1.29 is 0 Å². The molecule has 3 nitrogen and oxygen atoms in total. The van der Waals surface area contributed by atoms with E-state index in [2.05, 4.69) is 10.5 Å². The third kappa shape index (κ3) is 3.04. The van der Waals surface area contributed by atoms with E-state index in [0.29, 0.717) is 15.6 Å². The summed E-state index contributed by atoms with van der Waals surface area (Å²) in [6, 6.07) is 21.3. The van der Waals surface area contributed by atoms with Gasteiger partial charge in [0.05, 0.1) is 33.0 Å². The van der Waals surface area contributed by atoms with E-state index < -0.39 is 0 Å². The van der Waals surface area contributed by atoms with Crippen molar-refractivity contribution in [3.8, 4) is 0 Å². The topological polar surface area (TPSA) is 37.3 Å². The Balaban J connectivity index is 1.81. The third-order valence-corrected chi connectivity index (χ3v) is 4.62. The number of benzene rings is 3. The zero-order chi connectivity index (χ0) is 17.2. The van der Waals surface area contributed by atoms with Gasteiger partial charge >= 0.3 is 0 Å². The molecule has 3 aromatic carbocycles. The highest BCUT2D eigenvalue weighted by molar-refractivity contribution is 6.38. The molecule has 4 aromatic rings. The van der Waals surface area contributed by atoms with E-state index in [0.717, 1.165) is 27.5 Å². The molecule has 25 heavy (non-hydrogen) atoms. The summed E-state index contributed by atoms with van der Waals surface area (Å²) in [7, 11) is 0. The van der Waals surface area contributed by atoms with Crippen molar-refractivity contribution in [2.45, 2.75) is 0 Å². The molecule has 0 unspecified atom stereocenters. The molecule has 0 spiro atoms. The Morgan fingerprint density at radius 3 is 1.92 bits per heavy atom. The van der Waals surface area contributed by atoms with Gasteiger partial charge in [-0.2, -0.15) is 5.10 Å². The Morgan fingerprint density at radius 1 is 0.760 bits per heavy atom. The van der Waals surface area contributed by atoms with Gasteiger partial charge in [0, 0.05) is 16.3 Å². The molecule has 122 valence electrons. The summed E-state index contributed by atoms with van der Waals surface area (Å²) < 4.78 is 0. The summed E-state index contributed by atoms with van der Waals surface area (Å²) in [5, 5.41) is 7.48. The molecule has 0 radical (unpaired) electrons. The normalized spacial score (nSPS) is 11.4. The molecule has 0 fully saturated rings. The highest BCUT2D eigenvalue weighted by atomic mass is 35.5. The van der Waals surface area contributed by atoms with Crippen molar-refractivity contribution in [3.63, 3.8) is 0 Å². The van der Waals surface area contributed by atoms with Gasteiger partial charge in [0.25, 0.3) is 0 Å². The van der Waals surface area contributed by atoms with Crippen LogP contribution in [0.2, 0.25) is 10.0 Å². The summed E-state index contributed by atoms with van der Waals surface area (Å²) in [6.07, 6.45) is 1.63. The second-order valence-electron chi connectivity index (χ2n) is 5.53. The van der Waals surface area contributed by atoms with E-state index in [1.54, 1.807) is 24.4 Å². The van der Waals surface area contributed by atoms with Gasteiger partial charge in [-0.25, -0.2) is 4.98 Å². The number of pyridine rings is 1. The lowest BCUT2D eigenvalue weighted by atomic mass is 10.1. The molecule has 0 aliphatic heterocycles. The van der Waals surface area contributed by atoms with Crippen LogP contribution in [0.3, 0.4) is 0 Å². The largest absolute Gasteiger partial charge is 0.277 e. The average Bonchev–Trinajstić information content (AvgIpc) is 2.63. The SMILES string of the molecule is Clc1cccc(Cl)c1/C=N/Nc1c2ccccc2nc2ccccc12. The fourth-order valence-electron chi connectivity index (χ4n) is 2.76. The number of halogens is 2. The van der Waals surface area contributed by atoms with Crippen molar-refractivity contribution >= 4 is 56.9 Å². The van der Waals surface area contributed by atoms with Crippen LogP contribution in [0.25, 0.3) is 21.8 Å². The number of fused-ring (bicyclic) bond motifs is 2. The Morgan fingerprint density at radius 2 is 1.32 bits per heavy atom. The molecule has 0 aliphatic carbocycles. The zero-order valence-corrected chi connectivity index (χ0v) is 14.6. The van der Waals surface area contributed by atoms with Crippen LogP contribution in [0.1, 0.15) is 5.56 Å². The smallest absolute Gasteiger partial charge is 0.0749 e. The van der Waals surface area contributed by atoms with E-state index in [9.17, 15) is 0 Å². The predicted molar refractivity (Wildman–Crippen MR) is 107 cm³/mol. The van der Waals surface area contributed by atoms with E-state index in [1.807, 2.05) is 48.5 Å². The molecular weight excluding hydrogens is 353 g/mol. The van der Waals surface area contributed by atoms with Crippen LogP contribution in [0, 0.1) is 0 Å². The van der Waals surface area contributed by atoms with Gasteiger partial charge in [-0.3, -0.25) is 5.43 Å². The van der Waals surface area contributed by atoms with Gasteiger partial charge in [-0.1, -0.05) is 65.7 Å². The van der Waals surface area contributed by atoms with Gasteiger partial charge in [-0.15, -0.1) is 0 Å². The molecule has 0 saturated heterocycles. The lowest BCUT2D eigenvalue weighted by Crippen LogP contribution is -1.96. The van der Waals surface area contributed by atoms with Crippen molar-refractivity contribution in [3.05, 3.63) is 82.3 Å². The minimum Gasteiger partial charge on any atom is -0.277 e. The molecule has 4 rings (SSSR count). The lowest BCUT2D eigenvalue weighted by molar-refractivity contribution is 1.36. The Hall–Kier alpha value is -2.62. The number of aromatic nitrogens is 1. The average molecular weight is 366 g/mol. The first kappa shape index (κ1) is 15.9. The van der Waals surface area contributed by atoms with Crippen LogP contribution in [0.15, 0.2) is 71.8 Å². The van der Waals surface area contributed by atoms with Gasteiger partial charge in [-0.05, 0) is 24.3 Å². The Kier molecular flexibility index (Phi) is 4.26. The molecule has 1 N–H and O–H groups in total. The van der Waals surface area contributed by atoms with Gasteiger partial charge < -0.3 is 0 Å². The quantitative estimate of drug-likeness (QED) is 0.269. The predicted octanol–water partition coefficient (Wildman–Crippen LogP) is 6.14. The molecule has 0 amide bonds. The highest BCUT2D eigenvalue weighted by Crippen LogP contribution is 2.30. The minimum absolute atomic E-state index is 0.558. The number of nitrogens with one attached hydrogen (secondary N) is 1. The van der Waals surface area contributed by atoms with Crippen molar-refractivity contribution in [2.24, 2.45) is 5.10 Å². The second kappa shape index (κ2) is 6.71. The van der Waals surface area contributed by atoms with Crippen molar-refractivity contribution in [1.29, 1.82) is 0 Å². The van der Waals surface area contributed by atoms with Crippen LogP contribution in [0.4, 0.5) is 5.69 Å². The molecule has 0 atom stereocenters. The maximum atomic E-state index is 6.19. The first-order chi connectivity index (χ1) is 12.2. The second-order valence-corrected chi connectivity index (χ2v) is 6.34. The number of hydrogen-bond acceptors (Lipinski definition) is 3. The fraction of sp³-hybridized carbons (Fsp3) is 0. The molecule has 5 heteroatoms. The number of anilines is 1. The van der Waals surface area contributed by atoms with Gasteiger partial charge in [0.1, 0.15) is 0 Å².